The van der Waals surface area contributed by atoms with Gasteiger partial charge in [-0.3, -0.25) is 4.90 Å². The van der Waals surface area contributed by atoms with Gasteiger partial charge >= 0.3 is 6.09 Å². The number of carbonyl (C=O) groups is 1. The number of amides is 1. The number of hydrogen-bond acceptors (Lipinski definition) is 6. The van der Waals surface area contributed by atoms with Crippen LogP contribution >= 0.6 is 12.4 Å². The first kappa shape index (κ1) is 18.3. The summed E-state index contributed by atoms with van der Waals surface area (Å²) in [6.07, 6.45) is 3.19. The predicted molar refractivity (Wildman–Crippen MR) is 94.5 cm³/mol. The zero-order valence-electron chi connectivity index (χ0n) is 13.8. The average molecular weight is 381 g/mol. The molecule has 26 heavy (non-hydrogen) atoms. The lowest BCUT2D eigenvalue weighted by atomic mass is 9.99. The molecule has 1 aromatic carbocycles. The second-order valence-electron chi connectivity index (χ2n) is 5.95. The van der Waals surface area contributed by atoms with Crippen molar-refractivity contribution >= 4 is 29.8 Å². The van der Waals surface area contributed by atoms with Gasteiger partial charge in [0.05, 0.1) is 12.2 Å². The SMILES string of the molecule is Cl.O=C1OC(Cn2ncnn2)CN1c1ccc(C2=CCNCC2)c(F)c1. The Morgan fingerprint density at radius 3 is 2.96 bits per heavy atom. The molecule has 0 saturated carbocycles. The van der Waals surface area contributed by atoms with Gasteiger partial charge in [-0.25, -0.2) is 9.18 Å². The summed E-state index contributed by atoms with van der Waals surface area (Å²) in [4.78, 5) is 14.9. The Hall–Kier alpha value is -2.52. The molecule has 1 N–H and O–H groups in total. The van der Waals surface area contributed by atoms with Crippen LogP contribution in [0.1, 0.15) is 12.0 Å². The van der Waals surface area contributed by atoms with Crippen LogP contribution in [-0.4, -0.2) is 52.0 Å². The highest BCUT2D eigenvalue weighted by atomic mass is 35.5. The van der Waals surface area contributed by atoms with Crippen LogP contribution in [-0.2, 0) is 11.3 Å². The molecule has 0 spiro atoms. The lowest BCUT2D eigenvalue weighted by Crippen LogP contribution is -2.26. The smallest absolute Gasteiger partial charge is 0.414 e. The van der Waals surface area contributed by atoms with Gasteiger partial charge in [-0.05, 0) is 42.0 Å². The van der Waals surface area contributed by atoms with Crippen molar-refractivity contribution in [3.05, 3.63) is 42.0 Å². The molecule has 1 fully saturated rings. The van der Waals surface area contributed by atoms with E-state index in [1.54, 1.807) is 12.1 Å². The maximum Gasteiger partial charge on any atom is 0.414 e. The number of nitrogens with one attached hydrogen (secondary N) is 1. The summed E-state index contributed by atoms with van der Waals surface area (Å²) in [6, 6.07) is 4.86. The molecule has 1 atom stereocenters. The van der Waals surface area contributed by atoms with Crippen molar-refractivity contribution < 1.29 is 13.9 Å². The third-order valence-electron chi connectivity index (χ3n) is 4.31. The normalized spacial score (nSPS) is 19.7. The fourth-order valence-electron chi connectivity index (χ4n) is 3.08. The zero-order chi connectivity index (χ0) is 17.2. The van der Waals surface area contributed by atoms with Crippen LogP contribution in [0.3, 0.4) is 0 Å². The largest absolute Gasteiger partial charge is 0.442 e. The first-order valence-electron chi connectivity index (χ1n) is 8.09. The first-order chi connectivity index (χ1) is 12.2. The molecular formula is C16H18ClFN6O2. The predicted octanol–water partition coefficient (Wildman–Crippen LogP) is 1.64. The minimum atomic E-state index is -0.502. The van der Waals surface area contributed by atoms with E-state index in [4.69, 9.17) is 4.74 Å². The number of cyclic esters (lactones) is 1. The molecule has 0 aliphatic carbocycles. The quantitative estimate of drug-likeness (QED) is 0.867. The summed E-state index contributed by atoms with van der Waals surface area (Å²) in [5, 5.41) is 14.5. The van der Waals surface area contributed by atoms with Crippen molar-refractivity contribution in [1.82, 2.24) is 25.5 Å². The van der Waals surface area contributed by atoms with Crippen molar-refractivity contribution in [2.75, 3.05) is 24.5 Å². The summed E-state index contributed by atoms with van der Waals surface area (Å²) < 4.78 is 19.8. The van der Waals surface area contributed by atoms with Crippen LogP contribution < -0.4 is 10.2 Å². The van der Waals surface area contributed by atoms with Crippen molar-refractivity contribution in [1.29, 1.82) is 0 Å². The Labute approximate surface area is 155 Å². The van der Waals surface area contributed by atoms with Crippen molar-refractivity contribution in [3.8, 4) is 0 Å². The van der Waals surface area contributed by atoms with Gasteiger partial charge in [0.2, 0.25) is 0 Å². The molecule has 138 valence electrons. The number of rotatable bonds is 4. The number of halogens is 2. The molecule has 0 radical (unpaired) electrons. The molecule has 2 aliphatic rings. The highest BCUT2D eigenvalue weighted by Gasteiger charge is 2.33. The molecule has 1 aromatic heterocycles. The van der Waals surface area contributed by atoms with E-state index in [0.717, 1.165) is 25.1 Å². The summed E-state index contributed by atoms with van der Waals surface area (Å²) in [5.74, 6) is -0.333. The highest BCUT2D eigenvalue weighted by molar-refractivity contribution is 5.90. The van der Waals surface area contributed by atoms with Gasteiger partial charge in [0, 0.05) is 12.1 Å². The highest BCUT2D eigenvalue weighted by Crippen LogP contribution is 2.28. The molecule has 1 saturated heterocycles. The van der Waals surface area contributed by atoms with E-state index < -0.39 is 12.2 Å². The third-order valence-corrected chi connectivity index (χ3v) is 4.31. The number of hydrogen-bond donors (Lipinski definition) is 1. The van der Waals surface area contributed by atoms with Crippen molar-refractivity contribution in [3.63, 3.8) is 0 Å². The standard InChI is InChI=1S/C16H17FN6O2.ClH/c17-15-7-12(1-2-14(15)11-3-5-18-6-4-11)22-8-13(25-16(22)24)9-23-20-10-19-21-23;/h1-3,7,10,13,18H,4-6,8-9H2;1H. The van der Waals surface area contributed by atoms with Crippen molar-refractivity contribution in [2.45, 2.75) is 19.1 Å². The van der Waals surface area contributed by atoms with E-state index >= 15 is 0 Å². The molecule has 10 heteroatoms. The van der Waals surface area contributed by atoms with Crippen LogP contribution in [0.4, 0.5) is 14.9 Å². The number of aromatic nitrogens is 4. The Bertz CT molecular complexity index is 813. The van der Waals surface area contributed by atoms with Gasteiger partial charge in [0.1, 0.15) is 18.5 Å². The molecule has 2 aliphatic heterocycles. The summed E-state index contributed by atoms with van der Waals surface area (Å²) in [6.45, 7) is 2.20. The number of nitrogens with zero attached hydrogens (tertiary/aromatic N) is 5. The Balaban J connectivity index is 0.00000196. The molecule has 3 heterocycles. The maximum absolute atomic E-state index is 14.5. The van der Waals surface area contributed by atoms with Crippen LogP contribution in [0.5, 0.6) is 0 Å². The number of anilines is 1. The van der Waals surface area contributed by atoms with Gasteiger partial charge in [-0.15, -0.1) is 22.6 Å². The number of tetrazole rings is 1. The van der Waals surface area contributed by atoms with Gasteiger partial charge in [-0.1, -0.05) is 6.08 Å². The summed E-state index contributed by atoms with van der Waals surface area (Å²) in [7, 11) is 0. The number of carbonyl (C=O) groups excluding carboxylic acids is 1. The fourth-order valence-corrected chi connectivity index (χ4v) is 3.08. The first-order valence-corrected chi connectivity index (χ1v) is 8.09. The molecule has 4 rings (SSSR count). The van der Waals surface area contributed by atoms with E-state index in [1.165, 1.54) is 22.1 Å². The molecule has 2 aromatic rings. The number of benzene rings is 1. The topological polar surface area (TPSA) is 85.2 Å². The minimum Gasteiger partial charge on any atom is -0.442 e. The molecule has 1 amide bonds. The Morgan fingerprint density at radius 2 is 2.27 bits per heavy atom. The maximum atomic E-state index is 14.5. The Kier molecular flexibility index (Phi) is 5.48. The second-order valence-corrected chi connectivity index (χ2v) is 5.95. The molecule has 1 unspecified atom stereocenters. The monoisotopic (exact) mass is 380 g/mol. The minimum absolute atomic E-state index is 0. The van der Waals surface area contributed by atoms with Crippen LogP contribution in [0.15, 0.2) is 30.6 Å². The van der Waals surface area contributed by atoms with E-state index in [0.29, 0.717) is 24.3 Å². The lowest BCUT2D eigenvalue weighted by molar-refractivity contribution is 0.126. The van der Waals surface area contributed by atoms with E-state index in [9.17, 15) is 9.18 Å². The molecular weight excluding hydrogens is 363 g/mol. The van der Waals surface area contributed by atoms with Gasteiger partial charge < -0.3 is 10.1 Å². The summed E-state index contributed by atoms with van der Waals surface area (Å²) >= 11 is 0. The number of ether oxygens (including phenoxy) is 1. The van der Waals surface area contributed by atoms with Gasteiger partial charge in [0.15, 0.2) is 6.33 Å². The fraction of sp³-hybridized carbons (Fsp3) is 0.375. The van der Waals surface area contributed by atoms with E-state index in [-0.39, 0.29) is 18.2 Å². The lowest BCUT2D eigenvalue weighted by Gasteiger charge is -2.17. The Morgan fingerprint density at radius 1 is 1.38 bits per heavy atom. The molecule has 0 bridgehead atoms. The summed E-state index contributed by atoms with van der Waals surface area (Å²) in [5.41, 5.74) is 2.05. The molecule has 8 nitrogen and oxygen atoms in total. The zero-order valence-corrected chi connectivity index (χ0v) is 14.7. The van der Waals surface area contributed by atoms with Gasteiger partial charge in [0.25, 0.3) is 0 Å². The van der Waals surface area contributed by atoms with Gasteiger partial charge in [-0.2, -0.15) is 4.80 Å². The van der Waals surface area contributed by atoms with Crippen LogP contribution in [0.2, 0.25) is 0 Å². The van der Waals surface area contributed by atoms with E-state index in [2.05, 4.69) is 20.7 Å². The van der Waals surface area contributed by atoms with Crippen LogP contribution in [0.25, 0.3) is 5.57 Å². The van der Waals surface area contributed by atoms with Crippen molar-refractivity contribution in [2.24, 2.45) is 0 Å². The van der Waals surface area contributed by atoms with Crippen LogP contribution in [0, 0.1) is 5.82 Å². The average Bonchev–Trinajstić information content (AvgIpc) is 3.25. The second kappa shape index (κ2) is 7.79. The third kappa shape index (κ3) is 3.68. The van der Waals surface area contributed by atoms with E-state index in [1.807, 2.05) is 6.08 Å².